The van der Waals surface area contributed by atoms with Crippen LogP contribution in [0.5, 0.6) is 5.75 Å². The molecular formula is C31H26N4O3S. The highest BCUT2D eigenvalue weighted by molar-refractivity contribution is 7.18. The van der Waals surface area contributed by atoms with E-state index in [9.17, 15) is 9.59 Å². The van der Waals surface area contributed by atoms with Gasteiger partial charge in [-0.2, -0.15) is 0 Å². The van der Waals surface area contributed by atoms with Crippen LogP contribution < -0.4 is 15.4 Å². The van der Waals surface area contributed by atoms with Crippen molar-refractivity contribution in [3.8, 4) is 27.4 Å². The van der Waals surface area contributed by atoms with Crippen molar-refractivity contribution in [2.45, 2.75) is 12.5 Å². The average Bonchev–Trinajstić information content (AvgIpc) is 3.46. The van der Waals surface area contributed by atoms with Crippen LogP contribution in [0.15, 0.2) is 109 Å². The zero-order chi connectivity index (χ0) is 27.0. The van der Waals surface area contributed by atoms with Gasteiger partial charge in [0.1, 0.15) is 16.8 Å². The highest BCUT2D eigenvalue weighted by atomic mass is 32.1. The Morgan fingerprint density at radius 2 is 1.46 bits per heavy atom. The number of nitrogens with one attached hydrogen (secondary N) is 2. The number of aromatic nitrogens is 2. The van der Waals surface area contributed by atoms with E-state index >= 15 is 0 Å². The molecule has 0 spiro atoms. The highest BCUT2D eigenvalue weighted by Crippen LogP contribution is 2.29. The topological polar surface area (TPSA) is 93.2 Å². The van der Waals surface area contributed by atoms with E-state index in [1.807, 2.05) is 97.1 Å². The lowest BCUT2D eigenvalue weighted by molar-refractivity contribution is -0.118. The first-order chi connectivity index (χ1) is 19.1. The molecule has 1 aromatic heterocycles. The molecule has 1 atom stereocenters. The Hall–Kier alpha value is -4.82. The van der Waals surface area contributed by atoms with E-state index in [2.05, 4.69) is 20.8 Å². The number of rotatable bonds is 9. The summed E-state index contributed by atoms with van der Waals surface area (Å²) < 4.78 is 5.28. The van der Waals surface area contributed by atoms with Crippen molar-refractivity contribution in [3.05, 3.63) is 120 Å². The number of benzene rings is 4. The van der Waals surface area contributed by atoms with E-state index in [1.165, 1.54) is 11.3 Å². The molecule has 1 heterocycles. The molecule has 0 bridgehead atoms. The number of methoxy groups -OCH3 is 1. The number of carbonyl (C=O) groups is 2. The third-order valence-electron chi connectivity index (χ3n) is 6.13. The summed E-state index contributed by atoms with van der Waals surface area (Å²) in [4.78, 5) is 26.5. The Kier molecular flexibility index (Phi) is 8.04. The first-order valence-electron chi connectivity index (χ1n) is 12.4. The van der Waals surface area contributed by atoms with E-state index in [1.54, 1.807) is 19.2 Å². The number of nitrogens with zero attached hydrogens (tertiary/aromatic N) is 2. The molecule has 2 amide bonds. The van der Waals surface area contributed by atoms with Crippen LogP contribution in [0.4, 0.5) is 5.13 Å². The summed E-state index contributed by atoms with van der Waals surface area (Å²) in [7, 11) is 1.60. The van der Waals surface area contributed by atoms with Crippen LogP contribution in [0.3, 0.4) is 0 Å². The molecule has 0 unspecified atom stereocenters. The van der Waals surface area contributed by atoms with E-state index in [0.29, 0.717) is 27.9 Å². The molecule has 4 aromatic carbocycles. The van der Waals surface area contributed by atoms with Crippen LogP contribution in [0.1, 0.15) is 15.9 Å². The Balaban J connectivity index is 1.32. The maximum atomic E-state index is 13.4. The molecule has 0 saturated heterocycles. The second-order valence-electron chi connectivity index (χ2n) is 8.79. The van der Waals surface area contributed by atoms with Crippen LogP contribution in [-0.2, 0) is 11.2 Å². The minimum absolute atomic E-state index is 0.321. The molecular weight excluding hydrogens is 508 g/mol. The number of ether oxygens (including phenoxy) is 1. The van der Waals surface area contributed by atoms with Gasteiger partial charge in [0.15, 0.2) is 0 Å². The van der Waals surface area contributed by atoms with Crippen molar-refractivity contribution in [2.75, 3.05) is 12.4 Å². The van der Waals surface area contributed by atoms with Gasteiger partial charge in [0.05, 0.1) is 7.11 Å². The summed E-state index contributed by atoms with van der Waals surface area (Å²) in [5, 5.41) is 15.1. The number of carbonyl (C=O) groups excluding carboxylic acids is 2. The lowest BCUT2D eigenvalue weighted by atomic mass is 10.0. The fourth-order valence-electron chi connectivity index (χ4n) is 4.08. The van der Waals surface area contributed by atoms with Crippen molar-refractivity contribution in [3.63, 3.8) is 0 Å². The maximum absolute atomic E-state index is 13.4. The van der Waals surface area contributed by atoms with Crippen molar-refractivity contribution < 1.29 is 14.3 Å². The SMILES string of the molecule is COc1cccc(-c2nnc(NC(=O)[C@H](Cc3ccccc3)NC(=O)c3ccc(-c4ccccc4)cc3)s2)c1. The molecule has 0 saturated carbocycles. The van der Waals surface area contributed by atoms with Crippen LogP contribution in [0.25, 0.3) is 21.7 Å². The Morgan fingerprint density at radius 3 is 2.18 bits per heavy atom. The van der Waals surface area contributed by atoms with Gasteiger partial charge in [-0.05, 0) is 41.0 Å². The first-order valence-corrected chi connectivity index (χ1v) is 13.2. The molecule has 0 aliphatic rings. The van der Waals surface area contributed by atoms with Gasteiger partial charge in [-0.15, -0.1) is 10.2 Å². The summed E-state index contributed by atoms with van der Waals surface area (Å²) in [6.07, 6.45) is 0.321. The van der Waals surface area contributed by atoms with Gasteiger partial charge in [0.2, 0.25) is 11.0 Å². The lowest BCUT2D eigenvalue weighted by Crippen LogP contribution is -2.45. The van der Waals surface area contributed by atoms with Gasteiger partial charge >= 0.3 is 0 Å². The van der Waals surface area contributed by atoms with Gasteiger partial charge < -0.3 is 10.1 Å². The lowest BCUT2D eigenvalue weighted by Gasteiger charge is -2.18. The highest BCUT2D eigenvalue weighted by Gasteiger charge is 2.23. The van der Waals surface area contributed by atoms with Crippen LogP contribution >= 0.6 is 11.3 Å². The zero-order valence-corrected chi connectivity index (χ0v) is 22.0. The maximum Gasteiger partial charge on any atom is 0.251 e. The van der Waals surface area contributed by atoms with Gasteiger partial charge in [0, 0.05) is 17.5 Å². The summed E-state index contributed by atoms with van der Waals surface area (Å²) in [5.41, 5.74) is 4.30. The smallest absolute Gasteiger partial charge is 0.251 e. The fourth-order valence-corrected chi connectivity index (χ4v) is 4.83. The summed E-state index contributed by atoms with van der Waals surface area (Å²) in [5.74, 6) is -0.00259. The Labute approximate surface area is 230 Å². The third kappa shape index (κ3) is 6.55. The Morgan fingerprint density at radius 1 is 0.795 bits per heavy atom. The second kappa shape index (κ2) is 12.1. The minimum atomic E-state index is -0.821. The van der Waals surface area contributed by atoms with E-state index in [0.717, 1.165) is 22.3 Å². The molecule has 194 valence electrons. The van der Waals surface area contributed by atoms with Crippen LogP contribution in [0, 0.1) is 0 Å². The van der Waals surface area contributed by atoms with Gasteiger partial charge in [0.25, 0.3) is 5.91 Å². The molecule has 8 heteroatoms. The quantitative estimate of drug-likeness (QED) is 0.247. The van der Waals surface area contributed by atoms with Crippen molar-refractivity contribution in [1.29, 1.82) is 0 Å². The minimum Gasteiger partial charge on any atom is -0.497 e. The molecule has 39 heavy (non-hydrogen) atoms. The molecule has 5 aromatic rings. The molecule has 2 N–H and O–H groups in total. The van der Waals surface area contributed by atoms with Gasteiger partial charge in [-0.3, -0.25) is 14.9 Å². The normalized spacial score (nSPS) is 11.4. The molecule has 0 radical (unpaired) electrons. The third-order valence-corrected chi connectivity index (χ3v) is 7.02. The fraction of sp³-hybridized carbons (Fsp3) is 0.0968. The van der Waals surface area contributed by atoms with Crippen molar-refractivity contribution >= 4 is 28.3 Å². The van der Waals surface area contributed by atoms with Crippen LogP contribution in [-0.4, -0.2) is 35.2 Å². The number of amides is 2. The molecule has 0 aliphatic heterocycles. The number of hydrogen-bond donors (Lipinski definition) is 2. The second-order valence-corrected chi connectivity index (χ2v) is 9.77. The Bertz CT molecular complexity index is 1550. The van der Waals surface area contributed by atoms with Crippen molar-refractivity contribution in [1.82, 2.24) is 15.5 Å². The van der Waals surface area contributed by atoms with E-state index in [4.69, 9.17) is 4.74 Å². The monoisotopic (exact) mass is 534 g/mol. The standard InChI is InChI=1S/C31H26N4O3S/c1-38-26-14-8-13-25(20-26)30-34-35-31(39-30)33-29(37)27(19-21-9-4-2-5-10-21)32-28(36)24-17-15-23(16-18-24)22-11-6-3-7-12-22/h2-18,20,27H,19H2,1H3,(H,32,36)(H,33,35,37)/t27-/m0/s1. The van der Waals surface area contributed by atoms with E-state index in [-0.39, 0.29) is 11.8 Å². The number of anilines is 1. The predicted octanol–water partition coefficient (Wildman–Crippen LogP) is 5.86. The van der Waals surface area contributed by atoms with Crippen LogP contribution in [0.2, 0.25) is 0 Å². The first kappa shape index (κ1) is 25.8. The molecule has 0 fully saturated rings. The van der Waals surface area contributed by atoms with Gasteiger partial charge in [-0.1, -0.05) is 96.3 Å². The summed E-state index contributed by atoms with van der Waals surface area (Å²) >= 11 is 1.25. The molecule has 7 nitrogen and oxygen atoms in total. The predicted molar refractivity (Wildman–Crippen MR) is 154 cm³/mol. The van der Waals surface area contributed by atoms with E-state index < -0.39 is 6.04 Å². The largest absolute Gasteiger partial charge is 0.497 e. The van der Waals surface area contributed by atoms with Gasteiger partial charge in [-0.25, -0.2) is 0 Å². The summed E-state index contributed by atoms with van der Waals surface area (Å²) in [6, 6.07) is 33.5. The molecule has 0 aliphatic carbocycles. The van der Waals surface area contributed by atoms with Crippen molar-refractivity contribution in [2.24, 2.45) is 0 Å². The zero-order valence-electron chi connectivity index (χ0n) is 21.2. The average molecular weight is 535 g/mol. The number of hydrogen-bond acceptors (Lipinski definition) is 6. The summed E-state index contributed by atoms with van der Waals surface area (Å²) in [6.45, 7) is 0. The molecule has 5 rings (SSSR count).